The van der Waals surface area contributed by atoms with Gasteiger partial charge in [0, 0.05) is 6.04 Å². The van der Waals surface area contributed by atoms with Gasteiger partial charge in [-0.1, -0.05) is 6.42 Å². The molecule has 2 saturated carbocycles. The molecule has 2 bridgehead atoms. The lowest BCUT2D eigenvalue weighted by Gasteiger charge is -2.27. The van der Waals surface area contributed by atoms with E-state index in [0.29, 0.717) is 11.8 Å². The quantitative estimate of drug-likeness (QED) is 0.639. The molecule has 0 spiro atoms. The Hall–Kier alpha value is -1.79. The van der Waals surface area contributed by atoms with Gasteiger partial charge >= 0.3 is 12.0 Å². The third-order valence-corrected chi connectivity index (χ3v) is 4.01. The summed E-state index contributed by atoms with van der Waals surface area (Å²) in [5.74, 6) is -0.706. The van der Waals surface area contributed by atoms with Crippen LogP contribution in [0.2, 0.25) is 0 Å². The molecule has 3 unspecified atom stereocenters. The minimum atomic E-state index is -1.16. The molecule has 19 heavy (non-hydrogen) atoms. The molecule has 3 amide bonds. The summed E-state index contributed by atoms with van der Waals surface area (Å²) in [6, 6.07) is -0.408. The van der Waals surface area contributed by atoms with Crippen molar-refractivity contribution in [2.75, 3.05) is 13.1 Å². The molecule has 0 aromatic heterocycles. The number of fused-ring (bicyclic) bond motifs is 2. The number of carbonyl (C=O) groups is 3. The van der Waals surface area contributed by atoms with Crippen molar-refractivity contribution in [3.8, 4) is 0 Å². The first-order chi connectivity index (χ1) is 8.95. The highest BCUT2D eigenvalue weighted by molar-refractivity contribution is 5.86. The number of nitrogens with one attached hydrogen (secondary N) is 1. The number of carbonyl (C=O) groups excluding carboxylic acids is 2. The number of rotatable bonds is 5. The van der Waals surface area contributed by atoms with Crippen LogP contribution in [0.1, 0.15) is 25.7 Å². The average Bonchev–Trinajstić information content (AvgIpc) is 2.88. The first-order valence-corrected chi connectivity index (χ1v) is 6.51. The van der Waals surface area contributed by atoms with E-state index >= 15 is 0 Å². The van der Waals surface area contributed by atoms with Crippen LogP contribution in [0, 0.1) is 11.8 Å². The summed E-state index contributed by atoms with van der Waals surface area (Å²) >= 11 is 0. The minimum Gasteiger partial charge on any atom is -0.480 e. The van der Waals surface area contributed by atoms with Crippen LogP contribution in [0.25, 0.3) is 0 Å². The van der Waals surface area contributed by atoms with Gasteiger partial charge in [0.15, 0.2) is 0 Å². The first kappa shape index (κ1) is 13.6. The van der Waals surface area contributed by atoms with E-state index in [1.807, 2.05) is 0 Å². The van der Waals surface area contributed by atoms with Crippen LogP contribution < -0.4 is 11.1 Å². The molecule has 2 aliphatic rings. The van der Waals surface area contributed by atoms with Gasteiger partial charge in [0.2, 0.25) is 5.91 Å². The van der Waals surface area contributed by atoms with E-state index in [4.69, 9.17) is 10.8 Å². The van der Waals surface area contributed by atoms with Crippen LogP contribution in [0.4, 0.5) is 4.79 Å². The van der Waals surface area contributed by atoms with Crippen molar-refractivity contribution in [3.63, 3.8) is 0 Å². The van der Waals surface area contributed by atoms with E-state index in [2.05, 4.69) is 5.32 Å². The van der Waals surface area contributed by atoms with E-state index < -0.39 is 24.5 Å². The van der Waals surface area contributed by atoms with Crippen molar-refractivity contribution in [1.82, 2.24) is 10.2 Å². The van der Waals surface area contributed by atoms with Gasteiger partial charge in [-0.3, -0.25) is 9.59 Å². The van der Waals surface area contributed by atoms with Crippen LogP contribution in [-0.4, -0.2) is 47.0 Å². The number of aliphatic carboxylic acids is 1. The fraction of sp³-hybridized carbons (Fsp3) is 0.750. The molecular formula is C12H19N3O4. The van der Waals surface area contributed by atoms with Gasteiger partial charge in [0.25, 0.3) is 0 Å². The summed E-state index contributed by atoms with van der Waals surface area (Å²) in [6.45, 7) is -0.894. The predicted octanol–water partition coefficient (Wildman–Crippen LogP) is -0.243. The fourth-order valence-electron chi connectivity index (χ4n) is 3.22. The molecule has 2 fully saturated rings. The number of nitrogens with two attached hydrogens (primary N) is 1. The second-order valence-electron chi connectivity index (χ2n) is 5.45. The summed E-state index contributed by atoms with van der Waals surface area (Å²) in [7, 11) is 0. The minimum absolute atomic E-state index is 0.107. The number of hydrogen-bond acceptors (Lipinski definition) is 3. The molecule has 2 aliphatic carbocycles. The average molecular weight is 269 g/mol. The number of nitrogens with zero attached hydrogens (tertiary/aromatic N) is 1. The monoisotopic (exact) mass is 269 g/mol. The molecule has 0 saturated heterocycles. The lowest BCUT2D eigenvalue weighted by atomic mass is 9.95. The summed E-state index contributed by atoms with van der Waals surface area (Å²) in [4.78, 5) is 34.5. The van der Waals surface area contributed by atoms with Gasteiger partial charge in [-0.15, -0.1) is 0 Å². The highest BCUT2D eigenvalue weighted by Gasteiger charge is 2.40. The summed E-state index contributed by atoms with van der Waals surface area (Å²) in [5, 5.41) is 11.6. The van der Waals surface area contributed by atoms with E-state index in [1.165, 1.54) is 6.42 Å². The lowest BCUT2D eigenvalue weighted by molar-refractivity contribution is -0.137. The Bertz CT molecular complexity index is 382. The number of primary amides is 1. The van der Waals surface area contributed by atoms with E-state index in [0.717, 1.165) is 24.2 Å². The molecule has 0 aromatic carbocycles. The maximum Gasteiger partial charge on any atom is 0.323 e. The standard InChI is InChI=1S/C12H19N3O4/c13-10(16)5-15(6-11(17)18)12(19)14-9-4-7-1-2-8(9)3-7/h7-9H,1-6H2,(H2,13,16)(H,14,19)(H,17,18). The van der Waals surface area contributed by atoms with Crippen molar-refractivity contribution in [2.45, 2.75) is 31.7 Å². The number of urea groups is 1. The Morgan fingerprint density at radius 2 is 1.95 bits per heavy atom. The summed E-state index contributed by atoms with van der Waals surface area (Å²) in [5.41, 5.74) is 5.02. The molecule has 106 valence electrons. The first-order valence-electron chi connectivity index (χ1n) is 6.51. The highest BCUT2D eigenvalue weighted by atomic mass is 16.4. The molecule has 0 aliphatic heterocycles. The van der Waals surface area contributed by atoms with E-state index in [9.17, 15) is 14.4 Å². The molecule has 0 radical (unpaired) electrons. The van der Waals surface area contributed by atoms with Gasteiger partial charge in [-0.2, -0.15) is 0 Å². The van der Waals surface area contributed by atoms with Crippen LogP contribution in [0.3, 0.4) is 0 Å². The summed E-state index contributed by atoms with van der Waals surface area (Å²) < 4.78 is 0. The van der Waals surface area contributed by atoms with E-state index in [1.54, 1.807) is 0 Å². The highest BCUT2D eigenvalue weighted by Crippen LogP contribution is 2.44. The van der Waals surface area contributed by atoms with Crippen LogP contribution in [0.15, 0.2) is 0 Å². The number of hydrogen-bond donors (Lipinski definition) is 3. The normalized spacial score (nSPS) is 28.1. The van der Waals surface area contributed by atoms with Crippen molar-refractivity contribution < 1.29 is 19.5 Å². The molecular weight excluding hydrogens is 250 g/mol. The number of carboxylic acids is 1. The maximum atomic E-state index is 12.0. The van der Waals surface area contributed by atoms with Gasteiger partial charge in [0.05, 0.1) is 0 Å². The molecule has 0 heterocycles. The van der Waals surface area contributed by atoms with Gasteiger partial charge in [0.1, 0.15) is 13.1 Å². The van der Waals surface area contributed by atoms with Crippen LogP contribution >= 0.6 is 0 Å². The zero-order valence-electron chi connectivity index (χ0n) is 10.7. The molecule has 2 rings (SSSR count). The van der Waals surface area contributed by atoms with Gasteiger partial charge in [-0.25, -0.2) is 4.79 Å². The maximum absolute atomic E-state index is 12.0. The van der Waals surface area contributed by atoms with Crippen LogP contribution in [0.5, 0.6) is 0 Å². The zero-order chi connectivity index (χ0) is 14.0. The SMILES string of the molecule is NC(=O)CN(CC(=O)O)C(=O)NC1CC2CCC1C2. The van der Waals surface area contributed by atoms with Crippen molar-refractivity contribution in [3.05, 3.63) is 0 Å². The second-order valence-corrected chi connectivity index (χ2v) is 5.45. The number of carboxylic acid groups (broad SMARTS) is 1. The van der Waals surface area contributed by atoms with Gasteiger partial charge < -0.3 is 21.1 Å². The van der Waals surface area contributed by atoms with Crippen molar-refractivity contribution in [2.24, 2.45) is 17.6 Å². The molecule has 4 N–H and O–H groups in total. The summed E-state index contributed by atoms with van der Waals surface area (Å²) in [6.07, 6.45) is 4.43. The van der Waals surface area contributed by atoms with Gasteiger partial charge in [-0.05, 0) is 31.1 Å². The third kappa shape index (κ3) is 3.36. The van der Waals surface area contributed by atoms with Crippen LogP contribution in [-0.2, 0) is 9.59 Å². The van der Waals surface area contributed by atoms with Crippen molar-refractivity contribution >= 4 is 17.9 Å². The molecule has 3 atom stereocenters. The van der Waals surface area contributed by atoms with E-state index in [-0.39, 0.29) is 12.6 Å². The zero-order valence-corrected chi connectivity index (χ0v) is 10.7. The Labute approximate surface area is 111 Å². The second kappa shape index (κ2) is 5.46. The Kier molecular flexibility index (Phi) is 3.92. The lowest BCUT2D eigenvalue weighted by Crippen LogP contribution is -2.50. The number of amides is 3. The molecule has 7 nitrogen and oxygen atoms in total. The van der Waals surface area contributed by atoms with Crippen molar-refractivity contribution in [1.29, 1.82) is 0 Å². The Morgan fingerprint density at radius 3 is 2.42 bits per heavy atom. The topological polar surface area (TPSA) is 113 Å². The molecule has 0 aromatic rings. The molecule has 7 heteroatoms. The smallest absolute Gasteiger partial charge is 0.323 e. The largest absolute Gasteiger partial charge is 0.480 e. The third-order valence-electron chi connectivity index (χ3n) is 4.01. The Balaban J connectivity index is 1.91. The predicted molar refractivity (Wildman–Crippen MR) is 66.2 cm³/mol. The Morgan fingerprint density at radius 1 is 1.21 bits per heavy atom. The fourth-order valence-corrected chi connectivity index (χ4v) is 3.22.